The Labute approximate surface area is 94.2 Å². The van der Waals surface area contributed by atoms with Crippen LogP contribution in [0.2, 0.25) is 0 Å². The molecule has 1 unspecified atom stereocenters. The average Bonchev–Trinajstić information content (AvgIpc) is 2.12. The summed E-state index contributed by atoms with van der Waals surface area (Å²) >= 11 is 0. The maximum absolute atomic E-state index is 5.08. The van der Waals surface area contributed by atoms with Crippen molar-refractivity contribution in [3.63, 3.8) is 0 Å². The first-order valence-corrected chi connectivity index (χ1v) is 6.13. The van der Waals surface area contributed by atoms with Gasteiger partial charge in [-0.25, -0.2) is 0 Å². The van der Waals surface area contributed by atoms with Gasteiger partial charge in [0.15, 0.2) is 0 Å². The Morgan fingerprint density at radius 2 is 2.20 bits per heavy atom. The molecule has 90 valence electrons. The highest BCUT2D eigenvalue weighted by Crippen LogP contribution is 2.26. The van der Waals surface area contributed by atoms with E-state index < -0.39 is 0 Å². The summed E-state index contributed by atoms with van der Waals surface area (Å²) in [7, 11) is 3.97. The highest BCUT2D eigenvalue weighted by atomic mass is 16.5. The van der Waals surface area contributed by atoms with Crippen LogP contribution in [-0.2, 0) is 4.74 Å². The third-order valence-electron chi connectivity index (χ3n) is 3.20. The lowest BCUT2D eigenvalue weighted by atomic mass is 9.85. The van der Waals surface area contributed by atoms with Crippen molar-refractivity contribution in [1.82, 2.24) is 10.2 Å². The van der Waals surface area contributed by atoms with Gasteiger partial charge < -0.3 is 15.0 Å². The van der Waals surface area contributed by atoms with Crippen molar-refractivity contribution in [3.8, 4) is 0 Å². The van der Waals surface area contributed by atoms with Gasteiger partial charge in [-0.1, -0.05) is 6.42 Å². The monoisotopic (exact) mass is 214 g/mol. The number of hydrogen-bond donors (Lipinski definition) is 1. The molecule has 0 bridgehead atoms. The van der Waals surface area contributed by atoms with Gasteiger partial charge in [-0.15, -0.1) is 0 Å². The first kappa shape index (κ1) is 12.9. The Hall–Kier alpha value is -0.120. The summed E-state index contributed by atoms with van der Waals surface area (Å²) in [6, 6.07) is 0.465. The van der Waals surface area contributed by atoms with Crippen molar-refractivity contribution in [3.05, 3.63) is 0 Å². The molecular formula is C12H26N2O. The van der Waals surface area contributed by atoms with E-state index in [1.165, 1.54) is 25.8 Å². The molecular weight excluding hydrogens is 188 g/mol. The van der Waals surface area contributed by atoms with Crippen LogP contribution < -0.4 is 5.32 Å². The van der Waals surface area contributed by atoms with Gasteiger partial charge in [0.1, 0.15) is 0 Å². The Kier molecular flexibility index (Phi) is 6.22. The SMILES string of the molecule is COCC(C)NCCN(C)CC1CCC1. The lowest BCUT2D eigenvalue weighted by Crippen LogP contribution is -2.38. The Morgan fingerprint density at radius 1 is 1.47 bits per heavy atom. The topological polar surface area (TPSA) is 24.5 Å². The fourth-order valence-corrected chi connectivity index (χ4v) is 2.02. The summed E-state index contributed by atoms with van der Waals surface area (Å²) in [6.45, 7) is 6.44. The van der Waals surface area contributed by atoms with Crippen LogP contribution >= 0.6 is 0 Å². The minimum Gasteiger partial charge on any atom is -0.383 e. The van der Waals surface area contributed by atoms with Crippen molar-refractivity contribution in [1.29, 1.82) is 0 Å². The van der Waals surface area contributed by atoms with Gasteiger partial charge in [-0.3, -0.25) is 0 Å². The molecule has 0 aromatic rings. The van der Waals surface area contributed by atoms with Gasteiger partial charge in [0.05, 0.1) is 6.61 Å². The number of nitrogens with zero attached hydrogens (tertiary/aromatic N) is 1. The molecule has 1 rings (SSSR count). The minimum atomic E-state index is 0.465. The van der Waals surface area contributed by atoms with E-state index in [2.05, 4.69) is 24.2 Å². The summed E-state index contributed by atoms with van der Waals surface area (Å²) < 4.78 is 5.08. The maximum atomic E-state index is 5.08. The molecule has 0 aliphatic heterocycles. The molecule has 1 saturated carbocycles. The molecule has 0 amide bonds. The van der Waals surface area contributed by atoms with Crippen LogP contribution in [0.15, 0.2) is 0 Å². The van der Waals surface area contributed by atoms with Crippen molar-refractivity contribution < 1.29 is 4.74 Å². The fourth-order valence-electron chi connectivity index (χ4n) is 2.02. The Balaban J connectivity index is 1.93. The van der Waals surface area contributed by atoms with E-state index in [9.17, 15) is 0 Å². The molecule has 1 atom stereocenters. The highest BCUT2D eigenvalue weighted by Gasteiger charge is 2.18. The second-order valence-electron chi connectivity index (χ2n) is 4.87. The summed E-state index contributed by atoms with van der Waals surface area (Å²) in [4.78, 5) is 2.44. The molecule has 3 heteroatoms. The van der Waals surface area contributed by atoms with Gasteiger partial charge in [0.25, 0.3) is 0 Å². The van der Waals surface area contributed by atoms with E-state index in [4.69, 9.17) is 4.74 Å². The van der Waals surface area contributed by atoms with E-state index in [0.717, 1.165) is 25.6 Å². The van der Waals surface area contributed by atoms with Gasteiger partial charge in [-0.2, -0.15) is 0 Å². The van der Waals surface area contributed by atoms with E-state index in [1.54, 1.807) is 7.11 Å². The summed E-state index contributed by atoms with van der Waals surface area (Å²) in [5.41, 5.74) is 0. The van der Waals surface area contributed by atoms with Crippen LogP contribution in [0.4, 0.5) is 0 Å². The largest absolute Gasteiger partial charge is 0.383 e. The van der Waals surface area contributed by atoms with Crippen molar-refractivity contribution in [2.24, 2.45) is 5.92 Å². The highest BCUT2D eigenvalue weighted by molar-refractivity contribution is 4.73. The zero-order valence-corrected chi connectivity index (χ0v) is 10.5. The first-order valence-electron chi connectivity index (χ1n) is 6.13. The molecule has 0 radical (unpaired) electrons. The molecule has 1 N–H and O–H groups in total. The molecule has 0 aromatic heterocycles. The van der Waals surface area contributed by atoms with E-state index >= 15 is 0 Å². The van der Waals surface area contributed by atoms with E-state index in [0.29, 0.717) is 6.04 Å². The maximum Gasteiger partial charge on any atom is 0.0613 e. The zero-order valence-electron chi connectivity index (χ0n) is 10.5. The second-order valence-corrected chi connectivity index (χ2v) is 4.87. The molecule has 3 nitrogen and oxygen atoms in total. The van der Waals surface area contributed by atoms with Crippen LogP contribution in [0, 0.1) is 5.92 Å². The van der Waals surface area contributed by atoms with Gasteiger partial charge >= 0.3 is 0 Å². The van der Waals surface area contributed by atoms with Crippen LogP contribution in [0.25, 0.3) is 0 Å². The third-order valence-corrected chi connectivity index (χ3v) is 3.20. The number of ether oxygens (including phenoxy) is 1. The van der Waals surface area contributed by atoms with Crippen molar-refractivity contribution >= 4 is 0 Å². The van der Waals surface area contributed by atoms with Gasteiger partial charge in [-0.05, 0) is 32.7 Å². The molecule has 0 aromatic carbocycles. The second kappa shape index (κ2) is 7.20. The number of rotatable bonds is 8. The molecule has 1 aliphatic rings. The van der Waals surface area contributed by atoms with Gasteiger partial charge in [0.2, 0.25) is 0 Å². The normalized spacial score (nSPS) is 19.2. The smallest absolute Gasteiger partial charge is 0.0613 e. The summed E-state index contributed by atoms with van der Waals surface area (Å²) in [5, 5.41) is 3.46. The Bertz CT molecular complexity index is 160. The lowest BCUT2D eigenvalue weighted by molar-refractivity contribution is 0.166. The van der Waals surface area contributed by atoms with Gasteiger partial charge in [0, 0.05) is 32.8 Å². The molecule has 15 heavy (non-hydrogen) atoms. The summed E-state index contributed by atoms with van der Waals surface area (Å²) in [6.07, 6.45) is 4.33. The Morgan fingerprint density at radius 3 is 2.73 bits per heavy atom. The number of nitrogens with one attached hydrogen (secondary N) is 1. The van der Waals surface area contributed by atoms with Crippen LogP contribution in [0.3, 0.4) is 0 Å². The molecule has 0 saturated heterocycles. The molecule has 0 heterocycles. The minimum absolute atomic E-state index is 0.465. The average molecular weight is 214 g/mol. The molecule has 1 aliphatic carbocycles. The fraction of sp³-hybridized carbons (Fsp3) is 1.00. The zero-order chi connectivity index (χ0) is 11.1. The van der Waals surface area contributed by atoms with Crippen LogP contribution in [0.1, 0.15) is 26.2 Å². The molecule has 0 spiro atoms. The standard InChI is InChI=1S/C12H26N2O/c1-11(10-15-3)13-7-8-14(2)9-12-5-4-6-12/h11-13H,4-10H2,1-3H3. The number of methoxy groups -OCH3 is 1. The quantitative estimate of drug-likeness (QED) is 0.660. The number of likely N-dealkylation sites (N-methyl/N-ethyl adjacent to an activating group) is 1. The van der Waals surface area contributed by atoms with Crippen LogP contribution in [-0.4, -0.2) is 51.3 Å². The van der Waals surface area contributed by atoms with Crippen molar-refractivity contribution in [2.45, 2.75) is 32.2 Å². The lowest BCUT2D eigenvalue weighted by Gasteiger charge is -2.30. The summed E-state index contributed by atoms with van der Waals surface area (Å²) in [5.74, 6) is 0.978. The predicted octanol–water partition coefficient (Wildman–Crippen LogP) is 1.34. The van der Waals surface area contributed by atoms with Crippen LogP contribution in [0.5, 0.6) is 0 Å². The van der Waals surface area contributed by atoms with E-state index in [1.807, 2.05) is 0 Å². The predicted molar refractivity (Wildman–Crippen MR) is 64.2 cm³/mol. The van der Waals surface area contributed by atoms with Crippen molar-refractivity contribution in [2.75, 3.05) is 40.4 Å². The number of hydrogen-bond acceptors (Lipinski definition) is 3. The third kappa shape index (κ3) is 5.50. The molecule has 1 fully saturated rings. The first-order chi connectivity index (χ1) is 7.22. The van der Waals surface area contributed by atoms with E-state index in [-0.39, 0.29) is 0 Å².